The van der Waals surface area contributed by atoms with Crippen LogP contribution in [-0.2, 0) is 5.33 Å². The number of piperazine rings is 1. The van der Waals surface area contributed by atoms with E-state index < -0.39 is 0 Å². The number of alkyl halides is 1. The Kier molecular flexibility index (Phi) is 4.27. The molecule has 4 heteroatoms. The van der Waals surface area contributed by atoms with Gasteiger partial charge in [0.15, 0.2) is 0 Å². The van der Waals surface area contributed by atoms with Gasteiger partial charge in [-0.1, -0.05) is 37.9 Å². The Morgan fingerprint density at radius 2 is 1.88 bits per heavy atom. The number of halogens is 2. The van der Waals surface area contributed by atoms with Gasteiger partial charge in [-0.3, -0.25) is 0 Å². The van der Waals surface area contributed by atoms with Gasteiger partial charge in [0.2, 0.25) is 0 Å². The predicted octanol–water partition coefficient (Wildman–Crippen LogP) is 3.10. The second-order valence-corrected chi connectivity index (χ2v) is 5.67. The fourth-order valence-electron chi connectivity index (χ4n) is 1.99. The van der Waals surface area contributed by atoms with Gasteiger partial charge in [-0.15, -0.1) is 0 Å². The molecule has 1 heterocycles. The predicted molar refractivity (Wildman–Crippen MR) is 76.5 cm³/mol. The lowest BCUT2D eigenvalue weighted by Crippen LogP contribution is -2.44. The van der Waals surface area contributed by atoms with Crippen LogP contribution in [0.2, 0.25) is 0 Å². The Morgan fingerprint density at radius 1 is 1.19 bits per heavy atom. The molecule has 1 aliphatic heterocycles. The highest BCUT2D eigenvalue weighted by Gasteiger charge is 2.16. The fraction of sp³-hybridized carbons (Fsp3) is 0.500. The Morgan fingerprint density at radius 3 is 2.50 bits per heavy atom. The molecule has 0 radical (unpaired) electrons. The number of nitrogens with zero attached hydrogens (tertiary/aromatic N) is 2. The van der Waals surface area contributed by atoms with E-state index in [1.807, 2.05) is 0 Å². The van der Waals surface area contributed by atoms with E-state index in [9.17, 15) is 0 Å². The van der Waals surface area contributed by atoms with E-state index in [1.54, 1.807) is 0 Å². The van der Waals surface area contributed by atoms with Gasteiger partial charge < -0.3 is 9.80 Å². The summed E-state index contributed by atoms with van der Waals surface area (Å²) in [7, 11) is 2.18. The maximum atomic E-state index is 3.56. The SMILES string of the molecule is CN1CCN(c2cc(Br)ccc2CBr)CC1. The van der Waals surface area contributed by atoms with E-state index in [-0.39, 0.29) is 0 Å². The molecule has 1 fully saturated rings. The van der Waals surface area contributed by atoms with Crippen LogP contribution in [-0.4, -0.2) is 38.1 Å². The topological polar surface area (TPSA) is 6.48 Å². The van der Waals surface area contributed by atoms with E-state index in [0.717, 1.165) is 36.0 Å². The van der Waals surface area contributed by atoms with Crippen molar-refractivity contribution in [1.82, 2.24) is 4.90 Å². The molecular formula is C12H16Br2N2. The highest BCUT2D eigenvalue weighted by atomic mass is 79.9. The number of hydrogen-bond acceptors (Lipinski definition) is 2. The van der Waals surface area contributed by atoms with Crippen LogP contribution in [0.4, 0.5) is 5.69 Å². The van der Waals surface area contributed by atoms with Crippen molar-refractivity contribution in [3.05, 3.63) is 28.2 Å². The van der Waals surface area contributed by atoms with Crippen molar-refractivity contribution in [3.8, 4) is 0 Å². The van der Waals surface area contributed by atoms with E-state index >= 15 is 0 Å². The first-order valence-corrected chi connectivity index (χ1v) is 7.40. The minimum absolute atomic E-state index is 0.919. The fourth-order valence-corrected chi connectivity index (χ4v) is 2.81. The lowest BCUT2D eigenvalue weighted by atomic mass is 10.1. The van der Waals surface area contributed by atoms with Gasteiger partial charge in [-0.25, -0.2) is 0 Å². The third kappa shape index (κ3) is 2.79. The molecule has 1 saturated heterocycles. The largest absolute Gasteiger partial charge is 0.369 e. The molecule has 0 bridgehead atoms. The molecule has 1 aliphatic rings. The summed E-state index contributed by atoms with van der Waals surface area (Å²) in [5.41, 5.74) is 2.73. The third-order valence-corrected chi connectivity index (χ3v) is 4.13. The monoisotopic (exact) mass is 346 g/mol. The maximum absolute atomic E-state index is 3.56. The minimum atomic E-state index is 0.919. The highest BCUT2D eigenvalue weighted by Crippen LogP contribution is 2.27. The summed E-state index contributed by atoms with van der Waals surface area (Å²) in [5, 5.41) is 0.919. The van der Waals surface area contributed by atoms with Crippen molar-refractivity contribution in [3.63, 3.8) is 0 Å². The van der Waals surface area contributed by atoms with Crippen LogP contribution in [0.25, 0.3) is 0 Å². The van der Waals surface area contributed by atoms with E-state index in [2.05, 4.69) is 66.9 Å². The Bertz CT molecular complexity index is 360. The van der Waals surface area contributed by atoms with Crippen molar-refractivity contribution in [2.24, 2.45) is 0 Å². The van der Waals surface area contributed by atoms with Gasteiger partial charge >= 0.3 is 0 Å². The molecule has 1 aromatic carbocycles. The van der Waals surface area contributed by atoms with Gasteiger partial charge in [0.05, 0.1) is 0 Å². The van der Waals surface area contributed by atoms with Crippen LogP contribution in [0.15, 0.2) is 22.7 Å². The first kappa shape index (κ1) is 12.4. The summed E-state index contributed by atoms with van der Waals surface area (Å²) in [4.78, 5) is 4.85. The summed E-state index contributed by atoms with van der Waals surface area (Å²) in [6.07, 6.45) is 0. The van der Waals surface area contributed by atoms with Crippen LogP contribution in [0.1, 0.15) is 5.56 Å². The molecule has 2 nitrogen and oxygen atoms in total. The Balaban J connectivity index is 2.21. The molecule has 0 spiro atoms. The molecule has 0 atom stereocenters. The van der Waals surface area contributed by atoms with Gasteiger partial charge in [0.1, 0.15) is 0 Å². The van der Waals surface area contributed by atoms with Crippen LogP contribution < -0.4 is 4.90 Å². The van der Waals surface area contributed by atoms with Crippen LogP contribution in [0, 0.1) is 0 Å². The molecule has 0 saturated carbocycles. The zero-order valence-electron chi connectivity index (χ0n) is 9.42. The zero-order valence-corrected chi connectivity index (χ0v) is 12.6. The molecule has 16 heavy (non-hydrogen) atoms. The summed E-state index contributed by atoms with van der Waals surface area (Å²) >= 11 is 7.11. The number of likely N-dealkylation sites (N-methyl/N-ethyl adjacent to an activating group) is 1. The normalized spacial score (nSPS) is 17.8. The van der Waals surface area contributed by atoms with Crippen molar-refractivity contribution in [2.45, 2.75) is 5.33 Å². The van der Waals surface area contributed by atoms with Gasteiger partial charge in [0, 0.05) is 41.7 Å². The average molecular weight is 348 g/mol. The third-order valence-electron chi connectivity index (χ3n) is 3.04. The number of rotatable bonds is 2. The number of anilines is 1. The standard InChI is InChI=1S/C12H16Br2N2/c1-15-4-6-16(7-5-15)12-8-11(14)3-2-10(12)9-13/h2-3,8H,4-7,9H2,1H3. The van der Waals surface area contributed by atoms with Crippen molar-refractivity contribution < 1.29 is 0 Å². The summed E-state index contributed by atoms with van der Waals surface area (Å²) in [6, 6.07) is 6.52. The van der Waals surface area contributed by atoms with Gasteiger partial charge in [-0.2, -0.15) is 0 Å². The van der Waals surface area contributed by atoms with Crippen molar-refractivity contribution in [2.75, 3.05) is 38.1 Å². The molecule has 2 rings (SSSR count). The average Bonchev–Trinajstić information content (AvgIpc) is 2.30. The highest BCUT2D eigenvalue weighted by molar-refractivity contribution is 9.10. The lowest BCUT2D eigenvalue weighted by Gasteiger charge is -2.35. The van der Waals surface area contributed by atoms with Crippen molar-refractivity contribution >= 4 is 37.5 Å². The second-order valence-electron chi connectivity index (χ2n) is 4.20. The second kappa shape index (κ2) is 5.52. The number of hydrogen-bond donors (Lipinski definition) is 0. The summed E-state index contributed by atoms with van der Waals surface area (Å²) < 4.78 is 1.16. The summed E-state index contributed by atoms with van der Waals surface area (Å²) in [6.45, 7) is 4.53. The van der Waals surface area contributed by atoms with Crippen molar-refractivity contribution in [1.29, 1.82) is 0 Å². The molecule has 0 amide bonds. The molecule has 0 aliphatic carbocycles. The molecule has 88 valence electrons. The first-order chi connectivity index (χ1) is 7.70. The van der Waals surface area contributed by atoms with E-state index in [1.165, 1.54) is 11.3 Å². The number of benzene rings is 1. The smallest absolute Gasteiger partial charge is 0.0419 e. The zero-order chi connectivity index (χ0) is 11.5. The van der Waals surface area contributed by atoms with E-state index in [0.29, 0.717) is 0 Å². The molecular weight excluding hydrogens is 332 g/mol. The van der Waals surface area contributed by atoms with Gasteiger partial charge in [-0.05, 0) is 24.7 Å². The van der Waals surface area contributed by atoms with Crippen LogP contribution in [0.5, 0.6) is 0 Å². The Labute approximate surface area is 114 Å². The minimum Gasteiger partial charge on any atom is -0.369 e. The quantitative estimate of drug-likeness (QED) is 0.758. The molecule has 0 N–H and O–H groups in total. The summed E-state index contributed by atoms with van der Waals surface area (Å²) in [5.74, 6) is 0. The van der Waals surface area contributed by atoms with Crippen LogP contribution in [0.3, 0.4) is 0 Å². The Hall–Kier alpha value is -0.0600. The maximum Gasteiger partial charge on any atom is 0.0419 e. The molecule has 1 aromatic rings. The van der Waals surface area contributed by atoms with Crippen LogP contribution >= 0.6 is 31.9 Å². The molecule has 0 unspecified atom stereocenters. The first-order valence-electron chi connectivity index (χ1n) is 5.48. The van der Waals surface area contributed by atoms with Gasteiger partial charge in [0.25, 0.3) is 0 Å². The van der Waals surface area contributed by atoms with E-state index in [4.69, 9.17) is 0 Å². The lowest BCUT2D eigenvalue weighted by molar-refractivity contribution is 0.312. The molecule has 0 aromatic heterocycles.